The first-order valence-corrected chi connectivity index (χ1v) is 12.1. The molecule has 3 aromatic heterocycles. The van der Waals surface area contributed by atoms with Gasteiger partial charge in [0.25, 0.3) is 0 Å². The first-order chi connectivity index (χ1) is 18.5. The van der Waals surface area contributed by atoms with Crippen molar-refractivity contribution in [2.45, 2.75) is 44.9 Å². The summed E-state index contributed by atoms with van der Waals surface area (Å²) in [6, 6.07) is 1.74. The van der Waals surface area contributed by atoms with Gasteiger partial charge in [0, 0.05) is 31.9 Å². The second-order valence-corrected chi connectivity index (χ2v) is 8.85. The molecule has 4 heterocycles. The van der Waals surface area contributed by atoms with Crippen molar-refractivity contribution in [1.29, 1.82) is 0 Å². The smallest absolute Gasteiger partial charge is 0.375 e. The fraction of sp³-hybridized carbons (Fsp3) is 0.591. The third-order valence-corrected chi connectivity index (χ3v) is 5.61. The monoisotopic (exact) mass is 563 g/mol. The van der Waals surface area contributed by atoms with E-state index in [2.05, 4.69) is 35.7 Å². The highest BCUT2D eigenvalue weighted by molar-refractivity contribution is 5.90. The molecular weight excluding hydrogens is 536 g/mol. The zero-order valence-corrected chi connectivity index (χ0v) is 20.9. The van der Waals surface area contributed by atoms with Crippen LogP contribution in [0, 0.1) is 0 Å². The van der Waals surface area contributed by atoms with Gasteiger partial charge in [0.1, 0.15) is 35.5 Å². The number of halogens is 6. The highest BCUT2D eigenvalue weighted by atomic mass is 19.4. The molecule has 1 atom stereocenters. The molecule has 0 aromatic carbocycles. The second kappa shape index (κ2) is 12.3. The fourth-order valence-electron chi connectivity index (χ4n) is 3.91. The Bertz CT molecular complexity index is 1220. The summed E-state index contributed by atoms with van der Waals surface area (Å²) in [6.45, 7) is 1.10. The van der Waals surface area contributed by atoms with E-state index in [-0.39, 0.29) is 42.8 Å². The number of alkyl halides is 6. The number of piperazine rings is 1. The van der Waals surface area contributed by atoms with E-state index in [0.717, 1.165) is 0 Å². The second-order valence-electron chi connectivity index (χ2n) is 8.85. The minimum Gasteiger partial charge on any atom is -0.375 e. The molecule has 0 unspecified atom stereocenters. The normalized spacial score (nSPS) is 16.7. The molecule has 214 valence electrons. The summed E-state index contributed by atoms with van der Waals surface area (Å²) < 4.78 is 86.8. The predicted molar refractivity (Wildman–Crippen MR) is 128 cm³/mol. The maximum Gasteiger partial charge on any atom is 0.411 e. The zero-order chi connectivity index (χ0) is 28.0. The van der Waals surface area contributed by atoms with Gasteiger partial charge in [-0.3, -0.25) is 4.68 Å². The molecule has 0 spiro atoms. The quantitative estimate of drug-likeness (QED) is 0.266. The molecule has 11 nitrogen and oxygen atoms in total. The van der Waals surface area contributed by atoms with E-state index in [1.165, 1.54) is 17.2 Å². The molecule has 0 saturated carbocycles. The van der Waals surface area contributed by atoms with Gasteiger partial charge in [0.2, 0.25) is 5.95 Å². The Labute approximate surface area is 218 Å². The molecule has 2 N–H and O–H groups in total. The number of fused-ring (bicyclic) bond motifs is 1. The minimum atomic E-state index is -4.50. The summed E-state index contributed by atoms with van der Waals surface area (Å²) in [5, 5.41) is 10.8. The average Bonchev–Trinajstić information content (AvgIpc) is 3.22. The Morgan fingerprint density at radius 1 is 1.10 bits per heavy atom. The van der Waals surface area contributed by atoms with Gasteiger partial charge in [-0.05, 0) is 13.0 Å². The Morgan fingerprint density at radius 3 is 2.62 bits per heavy atom. The van der Waals surface area contributed by atoms with Gasteiger partial charge in [0.15, 0.2) is 5.82 Å². The van der Waals surface area contributed by atoms with Gasteiger partial charge in [0.05, 0.1) is 32.8 Å². The van der Waals surface area contributed by atoms with Crippen molar-refractivity contribution < 1.29 is 35.8 Å². The van der Waals surface area contributed by atoms with E-state index in [9.17, 15) is 26.3 Å². The lowest BCUT2D eigenvalue weighted by Crippen LogP contribution is -2.49. The lowest BCUT2D eigenvalue weighted by molar-refractivity contribution is -0.174. The molecule has 0 bridgehead atoms. The number of anilines is 3. The summed E-state index contributed by atoms with van der Waals surface area (Å²) in [5.74, 6) is 0.982. The maximum atomic E-state index is 12.6. The molecule has 1 aliphatic rings. The van der Waals surface area contributed by atoms with E-state index in [1.54, 1.807) is 6.07 Å². The van der Waals surface area contributed by atoms with Crippen LogP contribution in [0.1, 0.15) is 19.0 Å². The van der Waals surface area contributed by atoms with Crippen molar-refractivity contribution >= 4 is 28.6 Å². The Kier molecular flexibility index (Phi) is 9.01. The third-order valence-electron chi connectivity index (χ3n) is 5.61. The van der Waals surface area contributed by atoms with Gasteiger partial charge in [-0.2, -0.15) is 36.4 Å². The lowest BCUT2D eigenvalue weighted by Gasteiger charge is -2.32. The van der Waals surface area contributed by atoms with Crippen molar-refractivity contribution in [3.8, 4) is 0 Å². The number of rotatable bonds is 11. The van der Waals surface area contributed by atoms with Crippen LogP contribution in [0.15, 0.2) is 18.6 Å². The summed E-state index contributed by atoms with van der Waals surface area (Å²) in [6.07, 6.45) is -7.20. The minimum absolute atomic E-state index is 0.110. The molecule has 0 radical (unpaired) electrons. The van der Waals surface area contributed by atoms with Crippen molar-refractivity contribution in [2.24, 2.45) is 0 Å². The van der Waals surface area contributed by atoms with E-state index in [0.29, 0.717) is 36.9 Å². The van der Waals surface area contributed by atoms with Gasteiger partial charge in [-0.1, -0.05) is 0 Å². The van der Waals surface area contributed by atoms with Crippen LogP contribution in [0.4, 0.5) is 43.9 Å². The van der Waals surface area contributed by atoms with Crippen molar-refractivity contribution in [3.63, 3.8) is 0 Å². The van der Waals surface area contributed by atoms with Crippen molar-refractivity contribution in [1.82, 2.24) is 35.0 Å². The Balaban J connectivity index is 1.71. The van der Waals surface area contributed by atoms with Crippen LogP contribution in [0.25, 0.3) is 11.0 Å². The third kappa shape index (κ3) is 8.34. The van der Waals surface area contributed by atoms with Gasteiger partial charge >= 0.3 is 12.4 Å². The highest BCUT2D eigenvalue weighted by Gasteiger charge is 2.29. The van der Waals surface area contributed by atoms with Gasteiger partial charge < -0.3 is 25.0 Å². The number of ether oxygens (including phenoxy) is 2. The summed E-state index contributed by atoms with van der Waals surface area (Å²) >= 11 is 0. The highest BCUT2D eigenvalue weighted by Crippen LogP contribution is 2.29. The molecule has 3 aromatic rings. The molecule has 1 fully saturated rings. The van der Waals surface area contributed by atoms with E-state index in [4.69, 9.17) is 9.47 Å². The molecule has 17 heteroatoms. The molecule has 0 aliphatic carbocycles. The van der Waals surface area contributed by atoms with Crippen molar-refractivity contribution in [2.75, 3.05) is 49.7 Å². The van der Waals surface area contributed by atoms with Crippen LogP contribution in [-0.4, -0.2) is 87.6 Å². The topological polar surface area (TPSA) is 115 Å². The molecular formula is C22H27F6N9O2. The Morgan fingerprint density at radius 2 is 1.92 bits per heavy atom. The number of hydrogen-bond donors (Lipinski definition) is 2. The Hall–Kier alpha value is -3.31. The van der Waals surface area contributed by atoms with Crippen LogP contribution < -0.4 is 15.5 Å². The van der Waals surface area contributed by atoms with E-state index < -0.39 is 32.0 Å². The SMILES string of the molecule is C[C@@H]1CN(c2nc(Nc3ccncn3)c3c(n2)c(COCCC(F)(F)F)nn3CCOCC(F)(F)F)CCN1. The number of hydrogen-bond acceptors (Lipinski definition) is 10. The molecule has 1 saturated heterocycles. The molecule has 39 heavy (non-hydrogen) atoms. The molecule has 4 rings (SSSR count). The number of nitrogens with one attached hydrogen (secondary N) is 2. The van der Waals surface area contributed by atoms with Crippen LogP contribution in [0.3, 0.4) is 0 Å². The molecule has 1 aliphatic heterocycles. The van der Waals surface area contributed by atoms with Gasteiger partial charge in [-0.15, -0.1) is 0 Å². The van der Waals surface area contributed by atoms with Crippen LogP contribution in [0.2, 0.25) is 0 Å². The first-order valence-electron chi connectivity index (χ1n) is 12.1. The first kappa shape index (κ1) is 28.7. The predicted octanol–water partition coefficient (Wildman–Crippen LogP) is 3.21. The number of nitrogens with zero attached hydrogens (tertiary/aromatic N) is 7. The van der Waals surface area contributed by atoms with Crippen LogP contribution >= 0.6 is 0 Å². The largest absolute Gasteiger partial charge is 0.411 e. The van der Waals surface area contributed by atoms with Crippen molar-refractivity contribution in [3.05, 3.63) is 24.3 Å². The molecule has 0 amide bonds. The maximum absolute atomic E-state index is 12.6. The van der Waals surface area contributed by atoms with Crippen LogP contribution in [0.5, 0.6) is 0 Å². The average molecular weight is 564 g/mol. The summed E-state index contributed by atoms with van der Waals surface area (Å²) in [7, 11) is 0. The van der Waals surface area contributed by atoms with Gasteiger partial charge in [-0.25, -0.2) is 15.0 Å². The summed E-state index contributed by atoms with van der Waals surface area (Å²) in [4.78, 5) is 19.3. The fourth-order valence-corrected chi connectivity index (χ4v) is 3.91. The summed E-state index contributed by atoms with van der Waals surface area (Å²) in [5.41, 5.74) is 0.803. The van der Waals surface area contributed by atoms with E-state index >= 15 is 0 Å². The standard InChI is InChI=1S/C22H27F6N9O2/c1-14-10-36(6-5-30-14)20-33-17-15(11-38-8-3-21(23,24)25)35-37(7-9-39-12-22(26,27)28)18(17)19(34-20)32-16-2-4-29-13-31-16/h2,4,13-14,30H,3,5-12H2,1H3,(H,29,31,32,33,34)/t14-/m1/s1. The van der Waals surface area contributed by atoms with Crippen LogP contribution in [-0.2, 0) is 22.6 Å². The zero-order valence-electron chi connectivity index (χ0n) is 20.9. The lowest BCUT2D eigenvalue weighted by atomic mass is 10.2. The number of aromatic nitrogens is 6. The van der Waals surface area contributed by atoms with E-state index in [1.807, 2.05) is 11.8 Å².